The lowest BCUT2D eigenvalue weighted by Crippen LogP contribution is -2.17. The number of sulfonamides is 1. The highest BCUT2D eigenvalue weighted by molar-refractivity contribution is 7.92. The lowest BCUT2D eigenvalue weighted by atomic mass is 10.1. The summed E-state index contributed by atoms with van der Waals surface area (Å²) >= 11 is 0. The van der Waals surface area contributed by atoms with Gasteiger partial charge in [0.1, 0.15) is 0 Å². The molecule has 2 aromatic rings. The molecular weight excluding hydrogens is 294 g/mol. The van der Waals surface area contributed by atoms with Gasteiger partial charge in [-0.3, -0.25) is 14.6 Å². The molecule has 112 valence electrons. The lowest BCUT2D eigenvalue weighted by Gasteiger charge is -2.08. The van der Waals surface area contributed by atoms with Crippen LogP contribution in [0.3, 0.4) is 0 Å². The molecule has 1 aromatic heterocycles. The van der Waals surface area contributed by atoms with Gasteiger partial charge < -0.3 is 5.11 Å². The van der Waals surface area contributed by atoms with Gasteiger partial charge >= 0.3 is 5.97 Å². The molecule has 0 saturated carbocycles. The minimum Gasteiger partial charge on any atom is -0.481 e. The first-order valence-electron chi connectivity index (χ1n) is 6.28. The zero-order valence-corrected chi connectivity index (χ0v) is 11.9. The fraction of sp³-hybridized carbons (Fsp3) is 0.231. The molecule has 2 rings (SSSR count). The number of aromatic amines is 1. The number of H-pyrrole nitrogens is 1. The summed E-state index contributed by atoms with van der Waals surface area (Å²) in [5.41, 5.74) is 2.17. The van der Waals surface area contributed by atoms with Crippen LogP contribution in [0.5, 0.6) is 0 Å². The molecule has 0 aliphatic heterocycles. The smallest absolute Gasteiger partial charge is 0.303 e. The van der Waals surface area contributed by atoms with Crippen molar-refractivity contribution in [2.24, 2.45) is 0 Å². The summed E-state index contributed by atoms with van der Waals surface area (Å²) in [5, 5.41) is 15.2. The van der Waals surface area contributed by atoms with Crippen LogP contribution in [0.1, 0.15) is 12.8 Å². The highest BCUT2D eigenvalue weighted by Gasteiger charge is 2.11. The average molecular weight is 309 g/mol. The number of nitrogens with one attached hydrogen (secondary N) is 2. The molecule has 0 aliphatic carbocycles. The number of benzene rings is 1. The van der Waals surface area contributed by atoms with Crippen LogP contribution in [0.2, 0.25) is 0 Å². The predicted molar refractivity (Wildman–Crippen MR) is 78.3 cm³/mol. The van der Waals surface area contributed by atoms with Crippen molar-refractivity contribution in [1.29, 1.82) is 0 Å². The second-order valence-electron chi connectivity index (χ2n) is 4.47. The summed E-state index contributed by atoms with van der Waals surface area (Å²) in [5.74, 6) is -1.23. The van der Waals surface area contributed by atoms with E-state index in [2.05, 4.69) is 14.9 Å². The van der Waals surface area contributed by atoms with Crippen molar-refractivity contribution in [1.82, 2.24) is 10.2 Å². The van der Waals surface area contributed by atoms with Crippen LogP contribution >= 0.6 is 0 Å². The molecule has 7 nitrogen and oxygen atoms in total. The molecule has 21 heavy (non-hydrogen) atoms. The highest BCUT2D eigenvalue weighted by Crippen LogP contribution is 2.19. The maximum atomic E-state index is 11.8. The second kappa shape index (κ2) is 6.40. The Morgan fingerprint density at radius 2 is 1.95 bits per heavy atom. The van der Waals surface area contributed by atoms with E-state index < -0.39 is 16.0 Å². The van der Waals surface area contributed by atoms with Crippen molar-refractivity contribution < 1.29 is 18.3 Å². The molecule has 0 radical (unpaired) electrons. The van der Waals surface area contributed by atoms with Gasteiger partial charge in [-0.05, 0) is 30.2 Å². The van der Waals surface area contributed by atoms with Crippen molar-refractivity contribution >= 4 is 21.7 Å². The van der Waals surface area contributed by atoms with Crippen LogP contribution in [-0.4, -0.2) is 35.4 Å². The Kier molecular flexibility index (Phi) is 4.59. The normalized spacial score (nSPS) is 11.2. The van der Waals surface area contributed by atoms with Gasteiger partial charge in [0.15, 0.2) is 0 Å². The van der Waals surface area contributed by atoms with Crippen molar-refractivity contribution in [3.63, 3.8) is 0 Å². The van der Waals surface area contributed by atoms with Gasteiger partial charge in [-0.15, -0.1) is 0 Å². The van der Waals surface area contributed by atoms with E-state index in [-0.39, 0.29) is 18.6 Å². The first kappa shape index (κ1) is 15.0. The molecule has 0 aliphatic rings. The molecular formula is C13H15N3O4S. The van der Waals surface area contributed by atoms with Crippen molar-refractivity contribution in [3.8, 4) is 11.3 Å². The number of carboxylic acid groups (broad SMARTS) is 1. The van der Waals surface area contributed by atoms with Crippen molar-refractivity contribution in [3.05, 3.63) is 36.5 Å². The van der Waals surface area contributed by atoms with E-state index in [0.29, 0.717) is 5.69 Å². The third-order valence-corrected chi connectivity index (χ3v) is 4.15. The van der Waals surface area contributed by atoms with Gasteiger partial charge in [0.05, 0.1) is 11.4 Å². The predicted octanol–water partition coefficient (Wildman–Crippen LogP) is 1.68. The third kappa shape index (κ3) is 4.60. The summed E-state index contributed by atoms with van der Waals surface area (Å²) in [6, 6.07) is 8.63. The number of anilines is 1. The molecule has 0 fully saturated rings. The molecule has 0 unspecified atom stereocenters. The number of carboxylic acids is 1. The van der Waals surface area contributed by atoms with Crippen molar-refractivity contribution in [2.45, 2.75) is 12.8 Å². The maximum absolute atomic E-state index is 11.8. The standard InChI is InChI=1S/C13H15N3O4S/c17-13(18)2-1-9-21(19,20)16-11-5-3-10(4-6-11)12-7-8-14-15-12/h3-8,16H,1-2,9H2,(H,14,15)(H,17,18). The molecule has 3 N–H and O–H groups in total. The van der Waals surface area contributed by atoms with Crippen LogP contribution < -0.4 is 4.72 Å². The highest BCUT2D eigenvalue weighted by atomic mass is 32.2. The SMILES string of the molecule is O=C(O)CCCS(=O)(=O)Nc1ccc(-c2ccn[nH]2)cc1. The van der Waals surface area contributed by atoms with Crippen LogP contribution in [-0.2, 0) is 14.8 Å². The summed E-state index contributed by atoms with van der Waals surface area (Å²) in [6.45, 7) is 0. The van der Waals surface area contributed by atoms with Crippen LogP contribution in [0.25, 0.3) is 11.3 Å². The third-order valence-electron chi connectivity index (χ3n) is 2.77. The Hall–Kier alpha value is -2.35. The second-order valence-corrected chi connectivity index (χ2v) is 6.31. The fourth-order valence-electron chi connectivity index (χ4n) is 1.78. The molecule has 0 atom stereocenters. The number of hydrogen-bond acceptors (Lipinski definition) is 4. The molecule has 0 spiro atoms. The van der Waals surface area contributed by atoms with Crippen LogP contribution in [0, 0.1) is 0 Å². The van der Waals surface area contributed by atoms with E-state index in [4.69, 9.17) is 5.11 Å². The van der Waals surface area contributed by atoms with E-state index in [1.807, 2.05) is 6.07 Å². The Labute approximate surface area is 122 Å². The molecule has 1 heterocycles. The van der Waals surface area contributed by atoms with E-state index in [1.165, 1.54) is 0 Å². The zero-order valence-electron chi connectivity index (χ0n) is 11.1. The van der Waals surface area contributed by atoms with E-state index >= 15 is 0 Å². The van der Waals surface area contributed by atoms with Gasteiger partial charge in [-0.1, -0.05) is 12.1 Å². The monoisotopic (exact) mass is 309 g/mol. The summed E-state index contributed by atoms with van der Waals surface area (Å²) in [4.78, 5) is 10.4. The number of carbonyl (C=O) groups is 1. The molecule has 0 saturated heterocycles. The first-order valence-corrected chi connectivity index (χ1v) is 7.93. The number of aliphatic carboxylic acids is 1. The molecule has 8 heteroatoms. The van der Waals surface area contributed by atoms with Gasteiger partial charge in [0.25, 0.3) is 0 Å². The summed E-state index contributed by atoms with van der Waals surface area (Å²) in [6.07, 6.45) is 1.55. The fourth-order valence-corrected chi connectivity index (χ4v) is 2.90. The van der Waals surface area contributed by atoms with Gasteiger partial charge in [-0.25, -0.2) is 8.42 Å². The maximum Gasteiger partial charge on any atom is 0.303 e. The number of hydrogen-bond donors (Lipinski definition) is 3. The Balaban J connectivity index is 1.98. The van der Waals surface area contributed by atoms with Gasteiger partial charge in [0, 0.05) is 18.3 Å². The summed E-state index contributed by atoms with van der Waals surface area (Å²) in [7, 11) is -3.53. The van der Waals surface area contributed by atoms with Crippen LogP contribution in [0.4, 0.5) is 5.69 Å². The average Bonchev–Trinajstić information content (AvgIpc) is 2.92. The minimum absolute atomic E-state index is 0.0803. The van der Waals surface area contributed by atoms with E-state index in [1.54, 1.807) is 30.5 Å². The minimum atomic E-state index is -3.53. The first-order chi connectivity index (χ1) is 9.96. The topological polar surface area (TPSA) is 112 Å². The summed E-state index contributed by atoms with van der Waals surface area (Å²) < 4.78 is 26.0. The van der Waals surface area contributed by atoms with Gasteiger partial charge in [-0.2, -0.15) is 5.10 Å². The van der Waals surface area contributed by atoms with E-state index in [9.17, 15) is 13.2 Å². The Morgan fingerprint density at radius 1 is 1.24 bits per heavy atom. The lowest BCUT2D eigenvalue weighted by molar-refractivity contribution is -0.137. The molecule has 0 amide bonds. The number of aromatic nitrogens is 2. The largest absolute Gasteiger partial charge is 0.481 e. The zero-order chi connectivity index (χ0) is 15.3. The number of rotatable bonds is 7. The van der Waals surface area contributed by atoms with Crippen LogP contribution in [0.15, 0.2) is 36.5 Å². The van der Waals surface area contributed by atoms with E-state index in [0.717, 1.165) is 11.3 Å². The molecule has 1 aromatic carbocycles. The van der Waals surface area contributed by atoms with Gasteiger partial charge in [0.2, 0.25) is 10.0 Å². The number of nitrogens with zero attached hydrogens (tertiary/aromatic N) is 1. The van der Waals surface area contributed by atoms with Crippen molar-refractivity contribution in [2.75, 3.05) is 10.5 Å². The molecule has 0 bridgehead atoms. The quantitative estimate of drug-likeness (QED) is 0.720. The Bertz CT molecular complexity index is 694. The Morgan fingerprint density at radius 3 is 2.52 bits per heavy atom.